The number of aromatic nitrogens is 1. The van der Waals surface area contributed by atoms with Crippen molar-refractivity contribution in [2.24, 2.45) is 11.8 Å². The van der Waals surface area contributed by atoms with E-state index in [4.69, 9.17) is 14.2 Å². The molecule has 3 atom stereocenters. The van der Waals surface area contributed by atoms with E-state index in [1.165, 1.54) is 55.9 Å². The Kier molecular flexibility index (Phi) is 6.20. The maximum atomic E-state index is 13.0. The Balaban J connectivity index is 1.53. The first-order valence-electron chi connectivity index (χ1n) is 10.6. The van der Waals surface area contributed by atoms with Crippen molar-refractivity contribution in [2.45, 2.75) is 56.6 Å². The first-order chi connectivity index (χ1) is 14.1. The average molecular weight is 405 g/mol. The summed E-state index contributed by atoms with van der Waals surface area (Å²) < 4.78 is 16.1. The van der Waals surface area contributed by atoms with Gasteiger partial charge in [0.2, 0.25) is 0 Å². The summed E-state index contributed by atoms with van der Waals surface area (Å²) in [4.78, 5) is 19.2. The van der Waals surface area contributed by atoms with E-state index < -0.39 is 11.6 Å². The minimum absolute atomic E-state index is 0.0118. The van der Waals surface area contributed by atoms with Gasteiger partial charge in [-0.25, -0.2) is 0 Å². The lowest BCUT2D eigenvalue weighted by Crippen LogP contribution is -2.77. The van der Waals surface area contributed by atoms with Gasteiger partial charge in [0, 0.05) is 32.5 Å². The number of likely N-dealkylation sites (tertiary alicyclic amines) is 1. The van der Waals surface area contributed by atoms with Gasteiger partial charge in [0.25, 0.3) is 5.91 Å². The molecule has 0 unspecified atom stereocenters. The van der Waals surface area contributed by atoms with Crippen LogP contribution in [0.3, 0.4) is 0 Å². The van der Waals surface area contributed by atoms with Crippen LogP contribution in [-0.2, 0) is 38.3 Å². The highest BCUT2D eigenvalue weighted by molar-refractivity contribution is 5.93. The van der Waals surface area contributed by atoms with E-state index in [0.717, 1.165) is 24.5 Å². The molecule has 160 valence electrons. The van der Waals surface area contributed by atoms with Crippen LogP contribution in [0.15, 0.2) is 12.3 Å². The van der Waals surface area contributed by atoms with Gasteiger partial charge in [-0.3, -0.25) is 9.78 Å². The standard InChI is InChI=1S/C22H32N2O5/c1-27-13-24-20(12-25)22(21(24)26,29-14-28-2)11-19-18-10-16(6-5-15-3-4-15)9-17(18)7-8-23-19/h7-8,15-16,20,25H,3-6,9-14H2,1-2H3/t16-,20+,22-/m1/s1. The molecule has 1 N–H and O–H groups in total. The van der Waals surface area contributed by atoms with Gasteiger partial charge in [-0.1, -0.05) is 19.3 Å². The molecule has 7 nitrogen and oxygen atoms in total. The molecule has 1 aromatic heterocycles. The molecule has 0 radical (unpaired) electrons. The Hall–Kier alpha value is -1.54. The van der Waals surface area contributed by atoms with Crippen LogP contribution in [0.1, 0.15) is 42.5 Å². The van der Waals surface area contributed by atoms with E-state index >= 15 is 0 Å². The molecule has 0 bridgehead atoms. The van der Waals surface area contributed by atoms with Crippen molar-refractivity contribution in [1.82, 2.24) is 9.88 Å². The zero-order valence-electron chi connectivity index (χ0n) is 17.4. The maximum absolute atomic E-state index is 13.0. The number of hydrogen-bond donors (Lipinski definition) is 1. The van der Waals surface area contributed by atoms with E-state index in [9.17, 15) is 9.90 Å². The maximum Gasteiger partial charge on any atom is 0.259 e. The Morgan fingerprint density at radius 1 is 1.21 bits per heavy atom. The van der Waals surface area contributed by atoms with E-state index in [1.807, 2.05) is 6.20 Å². The number of hydrogen-bond acceptors (Lipinski definition) is 6. The molecule has 0 aromatic carbocycles. The summed E-state index contributed by atoms with van der Waals surface area (Å²) in [6.45, 7) is -0.0777. The minimum Gasteiger partial charge on any atom is -0.394 e. The van der Waals surface area contributed by atoms with Crippen molar-refractivity contribution < 1.29 is 24.1 Å². The summed E-state index contributed by atoms with van der Waals surface area (Å²) in [6.07, 6.45) is 9.69. The van der Waals surface area contributed by atoms with Crippen molar-refractivity contribution >= 4 is 5.91 Å². The van der Waals surface area contributed by atoms with Gasteiger partial charge in [0.1, 0.15) is 13.5 Å². The summed E-state index contributed by atoms with van der Waals surface area (Å²) in [5, 5.41) is 9.99. The van der Waals surface area contributed by atoms with E-state index in [2.05, 4.69) is 11.1 Å². The first-order valence-corrected chi connectivity index (χ1v) is 10.6. The van der Waals surface area contributed by atoms with Crippen LogP contribution in [0.5, 0.6) is 0 Å². The normalized spacial score (nSPS) is 28.5. The molecule has 1 amide bonds. The third kappa shape index (κ3) is 3.93. The zero-order valence-corrected chi connectivity index (χ0v) is 17.4. The fourth-order valence-corrected chi connectivity index (χ4v) is 4.99. The average Bonchev–Trinajstić information content (AvgIpc) is 3.47. The van der Waals surface area contributed by atoms with Gasteiger partial charge >= 0.3 is 0 Å². The molecular weight excluding hydrogens is 372 g/mol. The molecule has 1 saturated carbocycles. The Morgan fingerprint density at radius 2 is 2.00 bits per heavy atom. The van der Waals surface area contributed by atoms with Gasteiger partial charge in [0.05, 0.1) is 12.6 Å². The number of pyridine rings is 1. The van der Waals surface area contributed by atoms with E-state index in [0.29, 0.717) is 12.3 Å². The van der Waals surface area contributed by atoms with Crippen LogP contribution in [-0.4, -0.2) is 66.9 Å². The molecule has 4 rings (SSSR count). The lowest BCUT2D eigenvalue weighted by molar-refractivity contribution is -0.237. The lowest BCUT2D eigenvalue weighted by atomic mass is 9.78. The molecule has 2 fully saturated rings. The summed E-state index contributed by atoms with van der Waals surface area (Å²) in [5.41, 5.74) is 2.37. The van der Waals surface area contributed by atoms with Crippen LogP contribution in [0, 0.1) is 11.8 Å². The second kappa shape index (κ2) is 8.68. The van der Waals surface area contributed by atoms with Gasteiger partial charge < -0.3 is 24.2 Å². The number of methoxy groups -OCH3 is 2. The molecule has 29 heavy (non-hydrogen) atoms. The van der Waals surface area contributed by atoms with Crippen LogP contribution in [0.4, 0.5) is 0 Å². The number of ether oxygens (including phenoxy) is 3. The van der Waals surface area contributed by atoms with Crippen molar-refractivity contribution in [1.29, 1.82) is 0 Å². The lowest BCUT2D eigenvalue weighted by Gasteiger charge is -2.54. The number of aliphatic hydroxyl groups is 1. The molecule has 2 heterocycles. The number of fused-ring (bicyclic) bond motifs is 1. The topological polar surface area (TPSA) is 81.1 Å². The van der Waals surface area contributed by atoms with Crippen LogP contribution < -0.4 is 0 Å². The summed E-state index contributed by atoms with van der Waals surface area (Å²) in [6, 6.07) is 1.64. The van der Waals surface area contributed by atoms with Crippen LogP contribution in [0.25, 0.3) is 0 Å². The summed E-state index contributed by atoms with van der Waals surface area (Å²) in [7, 11) is 3.06. The summed E-state index contributed by atoms with van der Waals surface area (Å²) in [5.74, 6) is 1.44. The number of carbonyl (C=O) groups excluding carboxylic acids is 1. The number of nitrogens with zero attached hydrogens (tertiary/aromatic N) is 2. The highest BCUT2D eigenvalue weighted by atomic mass is 16.7. The fraction of sp³-hybridized carbons (Fsp3) is 0.727. The number of carbonyl (C=O) groups is 1. The minimum atomic E-state index is -1.16. The second-order valence-electron chi connectivity index (χ2n) is 8.70. The third-order valence-electron chi connectivity index (χ3n) is 6.77. The highest BCUT2D eigenvalue weighted by Crippen LogP contribution is 2.41. The first kappa shape index (κ1) is 20.7. The van der Waals surface area contributed by atoms with Crippen molar-refractivity contribution in [2.75, 3.05) is 34.4 Å². The van der Waals surface area contributed by atoms with Gasteiger partial charge in [-0.05, 0) is 48.3 Å². The zero-order chi connectivity index (χ0) is 20.4. The largest absolute Gasteiger partial charge is 0.394 e. The van der Waals surface area contributed by atoms with E-state index in [1.54, 1.807) is 0 Å². The van der Waals surface area contributed by atoms with Crippen molar-refractivity contribution in [3.63, 3.8) is 0 Å². The van der Waals surface area contributed by atoms with Gasteiger partial charge in [0.15, 0.2) is 5.60 Å². The second-order valence-corrected chi connectivity index (χ2v) is 8.70. The molecule has 1 saturated heterocycles. The Morgan fingerprint density at radius 3 is 2.69 bits per heavy atom. The SMILES string of the molecule is COCO[C@@]1(Cc2nccc3c2C[C@H](CCC2CC2)C3)C(=O)N(COC)[C@H]1CO. The molecule has 1 aromatic rings. The molecule has 7 heteroatoms. The number of β-lactam (4-membered cyclic amide) rings is 1. The smallest absolute Gasteiger partial charge is 0.259 e. The molecule has 2 aliphatic carbocycles. The van der Waals surface area contributed by atoms with Gasteiger partial charge in [-0.2, -0.15) is 0 Å². The number of rotatable bonds is 11. The molecule has 0 spiro atoms. The van der Waals surface area contributed by atoms with Crippen molar-refractivity contribution in [3.8, 4) is 0 Å². The Bertz CT molecular complexity index is 738. The predicted molar refractivity (Wildman–Crippen MR) is 106 cm³/mol. The quantitative estimate of drug-likeness (QED) is 0.447. The van der Waals surface area contributed by atoms with E-state index in [-0.39, 0.29) is 26.0 Å². The van der Waals surface area contributed by atoms with Crippen molar-refractivity contribution in [3.05, 3.63) is 29.1 Å². The monoisotopic (exact) mass is 404 g/mol. The summed E-state index contributed by atoms with van der Waals surface area (Å²) >= 11 is 0. The predicted octanol–water partition coefficient (Wildman–Crippen LogP) is 1.70. The molecule has 3 aliphatic rings. The highest BCUT2D eigenvalue weighted by Gasteiger charge is 2.62. The third-order valence-corrected chi connectivity index (χ3v) is 6.77. The van der Waals surface area contributed by atoms with Gasteiger partial charge in [-0.15, -0.1) is 0 Å². The molecular formula is C22H32N2O5. The number of aliphatic hydroxyl groups excluding tert-OH is 1. The Labute approximate surface area is 172 Å². The fourth-order valence-electron chi connectivity index (χ4n) is 4.99. The molecule has 1 aliphatic heterocycles. The number of amides is 1. The van der Waals surface area contributed by atoms with Crippen LogP contribution in [0.2, 0.25) is 0 Å². The van der Waals surface area contributed by atoms with Crippen LogP contribution >= 0.6 is 0 Å².